The van der Waals surface area contributed by atoms with E-state index in [1.807, 2.05) is 4.90 Å². The van der Waals surface area contributed by atoms with Gasteiger partial charge in [-0.15, -0.1) is 0 Å². The fourth-order valence-corrected chi connectivity index (χ4v) is 4.02. The Morgan fingerprint density at radius 1 is 1.14 bits per heavy atom. The predicted octanol–water partition coefficient (Wildman–Crippen LogP) is 1.81. The van der Waals surface area contributed by atoms with E-state index in [4.69, 9.17) is 4.74 Å². The van der Waals surface area contributed by atoms with Crippen LogP contribution in [0.25, 0.3) is 0 Å². The molecule has 5 heteroatoms. The van der Waals surface area contributed by atoms with Gasteiger partial charge in [0.05, 0.1) is 19.3 Å². The molecule has 3 fully saturated rings. The fourth-order valence-electron chi connectivity index (χ4n) is 4.02. The van der Waals surface area contributed by atoms with Crippen LogP contribution in [0, 0.1) is 5.92 Å². The minimum Gasteiger partial charge on any atom is -0.375 e. The van der Waals surface area contributed by atoms with Crippen LogP contribution in [0.3, 0.4) is 0 Å². The van der Waals surface area contributed by atoms with Gasteiger partial charge in [0.2, 0.25) is 11.8 Å². The van der Waals surface area contributed by atoms with E-state index < -0.39 is 0 Å². The summed E-state index contributed by atoms with van der Waals surface area (Å²) in [5.74, 6) is 0.988. The molecular formula is C17H28N2O3. The average Bonchev–Trinajstić information content (AvgIpc) is 2.94. The van der Waals surface area contributed by atoms with E-state index in [0.29, 0.717) is 26.1 Å². The SMILES string of the molecule is O=C1CCCN1CC(=O)N1CCOC(CC2CCCCC2)C1. The lowest BCUT2D eigenvalue weighted by Crippen LogP contribution is -2.49. The number of amides is 2. The van der Waals surface area contributed by atoms with Gasteiger partial charge in [-0.3, -0.25) is 9.59 Å². The lowest BCUT2D eigenvalue weighted by molar-refractivity contribution is -0.144. The molecule has 3 aliphatic rings. The Hall–Kier alpha value is -1.10. The lowest BCUT2D eigenvalue weighted by Gasteiger charge is -2.36. The van der Waals surface area contributed by atoms with Crippen molar-refractivity contribution in [3.63, 3.8) is 0 Å². The van der Waals surface area contributed by atoms with Crippen LogP contribution < -0.4 is 0 Å². The van der Waals surface area contributed by atoms with Gasteiger partial charge >= 0.3 is 0 Å². The summed E-state index contributed by atoms with van der Waals surface area (Å²) in [6, 6.07) is 0. The average molecular weight is 308 g/mol. The van der Waals surface area contributed by atoms with Gasteiger partial charge in [0.1, 0.15) is 0 Å². The number of rotatable bonds is 4. The summed E-state index contributed by atoms with van der Waals surface area (Å²) in [6.45, 7) is 3.01. The van der Waals surface area contributed by atoms with E-state index in [-0.39, 0.29) is 24.5 Å². The molecule has 0 N–H and O–H groups in total. The van der Waals surface area contributed by atoms with Crippen LogP contribution in [0.5, 0.6) is 0 Å². The standard InChI is InChI=1S/C17H28N2O3/c20-16-7-4-8-18(16)13-17(21)19-9-10-22-15(12-19)11-14-5-2-1-3-6-14/h14-15H,1-13H2. The number of morpholine rings is 1. The van der Waals surface area contributed by atoms with E-state index >= 15 is 0 Å². The third-order valence-corrected chi connectivity index (χ3v) is 5.31. The minimum absolute atomic E-state index is 0.0900. The first-order chi connectivity index (χ1) is 10.7. The highest BCUT2D eigenvalue weighted by molar-refractivity contribution is 5.85. The van der Waals surface area contributed by atoms with Crippen LogP contribution in [0.4, 0.5) is 0 Å². The van der Waals surface area contributed by atoms with Crippen LogP contribution in [0.15, 0.2) is 0 Å². The van der Waals surface area contributed by atoms with Crippen LogP contribution in [0.2, 0.25) is 0 Å². The molecule has 2 amide bonds. The molecule has 0 aromatic carbocycles. The van der Waals surface area contributed by atoms with Gasteiger partial charge in [0, 0.05) is 26.1 Å². The third-order valence-electron chi connectivity index (χ3n) is 5.31. The van der Waals surface area contributed by atoms with Gasteiger partial charge in [-0.1, -0.05) is 32.1 Å². The monoisotopic (exact) mass is 308 g/mol. The molecule has 22 heavy (non-hydrogen) atoms. The molecule has 1 aliphatic carbocycles. The van der Waals surface area contributed by atoms with Crippen LogP contribution in [0.1, 0.15) is 51.4 Å². The molecule has 1 atom stereocenters. The molecule has 5 nitrogen and oxygen atoms in total. The molecule has 2 saturated heterocycles. The highest BCUT2D eigenvalue weighted by Gasteiger charge is 2.29. The molecule has 0 bridgehead atoms. The van der Waals surface area contributed by atoms with Crippen molar-refractivity contribution in [1.82, 2.24) is 9.80 Å². The van der Waals surface area contributed by atoms with Gasteiger partial charge in [0.15, 0.2) is 0 Å². The van der Waals surface area contributed by atoms with E-state index in [0.717, 1.165) is 25.3 Å². The van der Waals surface area contributed by atoms with Crippen LogP contribution in [-0.2, 0) is 14.3 Å². The Labute approximate surface area is 133 Å². The number of nitrogens with zero attached hydrogens (tertiary/aromatic N) is 2. The summed E-state index contributed by atoms with van der Waals surface area (Å²) in [7, 11) is 0. The van der Waals surface area contributed by atoms with E-state index in [9.17, 15) is 9.59 Å². The van der Waals surface area contributed by atoms with E-state index in [1.54, 1.807) is 4.90 Å². The zero-order chi connectivity index (χ0) is 15.4. The number of carbonyl (C=O) groups is 2. The molecule has 124 valence electrons. The van der Waals surface area contributed by atoms with Crippen molar-refractivity contribution in [2.45, 2.75) is 57.5 Å². The molecule has 0 aromatic rings. The number of hydrogen-bond donors (Lipinski definition) is 0. The number of likely N-dealkylation sites (tertiary alicyclic amines) is 1. The number of ether oxygens (including phenoxy) is 1. The smallest absolute Gasteiger partial charge is 0.242 e. The topological polar surface area (TPSA) is 49.9 Å². The van der Waals surface area contributed by atoms with Crippen molar-refractivity contribution in [3.05, 3.63) is 0 Å². The predicted molar refractivity (Wildman–Crippen MR) is 83.3 cm³/mol. The molecular weight excluding hydrogens is 280 g/mol. The summed E-state index contributed by atoms with van der Waals surface area (Å²) in [4.78, 5) is 27.7. The van der Waals surface area contributed by atoms with Gasteiger partial charge in [-0.25, -0.2) is 0 Å². The molecule has 3 rings (SSSR count). The summed E-state index contributed by atoms with van der Waals surface area (Å²) in [5.41, 5.74) is 0. The molecule has 1 unspecified atom stereocenters. The van der Waals surface area contributed by atoms with Gasteiger partial charge in [0.25, 0.3) is 0 Å². The van der Waals surface area contributed by atoms with E-state index in [2.05, 4.69) is 0 Å². The first-order valence-electron chi connectivity index (χ1n) is 8.89. The summed E-state index contributed by atoms with van der Waals surface area (Å²) >= 11 is 0. The Morgan fingerprint density at radius 2 is 1.95 bits per heavy atom. The van der Waals surface area contributed by atoms with Crippen molar-refractivity contribution < 1.29 is 14.3 Å². The molecule has 0 spiro atoms. The third kappa shape index (κ3) is 4.00. The number of hydrogen-bond acceptors (Lipinski definition) is 3. The largest absolute Gasteiger partial charge is 0.375 e. The molecule has 1 saturated carbocycles. The highest BCUT2D eigenvalue weighted by atomic mass is 16.5. The Kier molecular flexibility index (Phi) is 5.34. The Balaban J connectivity index is 1.46. The van der Waals surface area contributed by atoms with Gasteiger partial charge in [-0.05, 0) is 18.8 Å². The van der Waals surface area contributed by atoms with Crippen molar-refractivity contribution in [2.75, 3.05) is 32.8 Å². The first-order valence-corrected chi connectivity index (χ1v) is 8.89. The summed E-state index contributed by atoms with van der Waals surface area (Å²) in [6.07, 6.45) is 9.46. The number of carbonyl (C=O) groups excluding carboxylic acids is 2. The molecule has 0 radical (unpaired) electrons. The maximum absolute atomic E-state index is 12.4. The van der Waals surface area contributed by atoms with E-state index in [1.165, 1.54) is 32.1 Å². The lowest BCUT2D eigenvalue weighted by atomic mass is 9.85. The van der Waals surface area contributed by atoms with Crippen molar-refractivity contribution >= 4 is 11.8 Å². The fraction of sp³-hybridized carbons (Fsp3) is 0.882. The highest BCUT2D eigenvalue weighted by Crippen LogP contribution is 2.29. The second-order valence-electron chi connectivity index (χ2n) is 6.99. The molecule has 0 aromatic heterocycles. The summed E-state index contributed by atoms with van der Waals surface area (Å²) in [5, 5.41) is 0. The quantitative estimate of drug-likeness (QED) is 0.796. The Bertz CT molecular complexity index is 407. The molecule has 2 aliphatic heterocycles. The van der Waals surface area contributed by atoms with Crippen molar-refractivity contribution in [1.29, 1.82) is 0 Å². The van der Waals surface area contributed by atoms with Gasteiger partial charge in [-0.2, -0.15) is 0 Å². The second-order valence-corrected chi connectivity index (χ2v) is 6.99. The Morgan fingerprint density at radius 3 is 2.68 bits per heavy atom. The maximum Gasteiger partial charge on any atom is 0.242 e. The summed E-state index contributed by atoms with van der Waals surface area (Å²) < 4.78 is 5.88. The maximum atomic E-state index is 12.4. The molecule has 2 heterocycles. The van der Waals surface area contributed by atoms with Crippen molar-refractivity contribution in [3.8, 4) is 0 Å². The first kappa shape index (κ1) is 15.8. The van der Waals surface area contributed by atoms with Crippen molar-refractivity contribution in [2.24, 2.45) is 5.92 Å². The zero-order valence-corrected chi connectivity index (χ0v) is 13.5. The normalized spacial score (nSPS) is 27.5. The van der Waals surface area contributed by atoms with Gasteiger partial charge < -0.3 is 14.5 Å². The minimum atomic E-state index is 0.0900. The second kappa shape index (κ2) is 7.44. The van der Waals surface area contributed by atoms with Crippen LogP contribution >= 0.6 is 0 Å². The zero-order valence-electron chi connectivity index (χ0n) is 13.5. The van der Waals surface area contributed by atoms with Crippen LogP contribution in [-0.4, -0.2) is 60.5 Å².